The third-order valence-electron chi connectivity index (χ3n) is 2.74. The summed E-state index contributed by atoms with van der Waals surface area (Å²) in [6.45, 7) is -1.04. The number of carbonyl (C=O) groups is 2. The molecule has 4 N–H and O–H groups in total. The van der Waals surface area contributed by atoms with Gasteiger partial charge in [-0.15, -0.1) is 0 Å². The lowest BCUT2D eigenvalue weighted by atomic mass is 10.1. The number of benzene rings is 1. The van der Waals surface area contributed by atoms with Gasteiger partial charge >= 0.3 is 18.6 Å². The largest absolute Gasteiger partial charge is 0.479 e. The normalized spacial score (nSPS) is 13.4. The third kappa shape index (κ3) is 4.85. The van der Waals surface area contributed by atoms with Crippen molar-refractivity contribution >= 4 is 17.7 Å². The van der Waals surface area contributed by atoms with Crippen molar-refractivity contribution in [1.29, 1.82) is 0 Å². The van der Waals surface area contributed by atoms with Crippen molar-refractivity contribution in [3.05, 3.63) is 23.8 Å². The first-order valence-electron chi connectivity index (χ1n) is 6.18. The second-order valence-corrected chi connectivity index (χ2v) is 4.71. The first kappa shape index (κ1) is 17.6. The minimum absolute atomic E-state index is 0.0234. The van der Waals surface area contributed by atoms with Crippen LogP contribution < -0.4 is 15.4 Å². The summed E-state index contributed by atoms with van der Waals surface area (Å²) in [5.74, 6) is -1.74. The number of carboxylic acid groups (broad SMARTS) is 1. The molecule has 1 rings (SSSR count). The van der Waals surface area contributed by atoms with E-state index < -0.39 is 30.8 Å². The standard InChI is InChI=1S/C13H16F2N2O5/c1-7-4-3-5-8(22-11(14)15)9(7)17-12(20)16-6-13(2,21)10(18)19/h3-5,11,21H,6H2,1-2H3,(H,18,19)(H2,16,17,20). The maximum Gasteiger partial charge on any atom is 0.387 e. The van der Waals surface area contributed by atoms with Crippen molar-refractivity contribution in [2.75, 3.05) is 11.9 Å². The van der Waals surface area contributed by atoms with E-state index in [9.17, 15) is 23.5 Å². The molecule has 1 aromatic carbocycles. The van der Waals surface area contributed by atoms with Crippen LogP contribution in [0.5, 0.6) is 5.75 Å². The van der Waals surface area contributed by atoms with E-state index in [0.717, 1.165) is 6.92 Å². The fraction of sp³-hybridized carbons (Fsp3) is 0.385. The Kier molecular flexibility index (Phi) is 5.63. The van der Waals surface area contributed by atoms with E-state index in [2.05, 4.69) is 15.4 Å². The fourth-order valence-electron chi connectivity index (χ4n) is 1.48. The van der Waals surface area contributed by atoms with Crippen LogP contribution in [0.2, 0.25) is 0 Å². The zero-order chi connectivity index (χ0) is 16.9. The van der Waals surface area contributed by atoms with Gasteiger partial charge in [-0.1, -0.05) is 12.1 Å². The van der Waals surface area contributed by atoms with Crippen LogP contribution in [0.3, 0.4) is 0 Å². The van der Waals surface area contributed by atoms with Crippen molar-refractivity contribution < 1.29 is 33.3 Å². The van der Waals surface area contributed by atoms with E-state index in [-0.39, 0.29) is 11.4 Å². The summed E-state index contributed by atoms with van der Waals surface area (Å²) in [5, 5.41) is 22.6. The number of hydrogen-bond donors (Lipinski definition) is 4. The van der Waals surface area contributed by atoms with Gasteiger partial charge in [-0.25, -0.2) is 9.59 Å². The molecule has 122 valence electrons. The molecule has 2 amide bonds. The second kappa shape index (κ2) is 7.03. The highest BCUT2D eigenvalue weighted by atomic mass is 19.3. The number of alkyl halides is 2. The Hall–Kier alpha value is -2.42. The average molecular weight is 318 g/mol. The Morgan fingerprint density at radius 2 is 2.05 bits per heavy atom. The molecule has 0 saturated carbocycles. The van der Waals surface area contributed by atoms with Crippen LogP contribution in [0.1, 0.15) is 12.5 Å². The van der Waals surface area contributed by atoms with E-state index in [1.54, 1.807) is 13.0 Å². The van der Waals surface area contributed by atoms with Gasteiger partial charge in [0.25, 0.3) is 0 Å². The van der Waals surface area contributed by atoms with Crippen molar-refractivity contribution in [1.82, 2.24) is 5.32 Å². The molecule has 0 aliphatic heterocycles. The van der Waals surface area contributed by atoms with E-state index in [1.807, 2.05) is 0 Å². The van der Waals surface area contributed by atoms with Gasteiger partial charge in [0.1, 0.15) is 5.75 Å². The summed E-state index contributed by atoms with van der Waals surface area (Å²) in [6, 6.07) is 3.43. The molecule has 0 fully saturated rings. The Balaban J connectivity index is 2.78. The summed E-state index contributed by atoms with van der Waals surface area (Å²) in [7, 11) is 0. The smallest absolute Gasteiger partial charge is 0.387 e. The zero-order valence-corrected chi connectivity index (χ0v) is 11.9. The fourth-order valence-corrected chi connectivity index (χ4v) is 1.48. The number of carboxylic acids is 1. The molecular formula is C13H16F2N2O5. The minimum atomic E-state index is -3.06. The zero-order valence-electron chi connectivity index (χ0n) is 11.9. The topological polar surface area (TPSA) is 108 Å². The summed E-state index contributed by atoms with van der Waals surface area (Å²) in [5.41, 5.74) is -1.65. The van der Waals surface area contributed by atoms with Crippen LogP contribution in [0.15, 0.2) is 18.2 Å². The summed E-state index contributed by atoms with van der Waals surface area (Å²) in [6.07, 6.45) is 0. The van der Waals surface area contributed by atoms with Crippen molar-refractivity contribution in [3.8, 4) is 5.75 Å². The quantitative estimate of drug-likeness (QED) is 0.636. The molecule has 22 heavy (non-hydrogen) atoms. The minimum Gasteiger partial charge on any atom is -0.479 e. The molecule has 0 spiro atoms. The lowest BCUT2D eigenvalue weighted by Crippen LogP contribution is -2.47. The van der Waals surface area contributed by atoms with E-state index in [4.69, 9.17) is 5.11 Å². The van der Waals surface area contributed by atoms with E-state index >= 15 is 0 Å². The predicted molar refractivity (Wildman–Crippen MR) is 73.1 cm³/mol. The number of halogens is 2. The van der Waals surface area contributed by atoms with Gasteiger partial charge in [0.15, 0.2) is 5.60 Å². The second-order valence-electron chi connectivity index (χ2n) is 4.71. The van der Waals surface area contributed by atoms with Gasteiger partial charge in [-0.3, -0.25) is 0 Å². The Morgan fingerprint density at radius 3 is 2.59 bits per heavy atom. The van der Waals surface area contributed by atoms with Gasteiger partial charge in [0, 0.05) is 0 Å². The lowest BCUT2D eigenvalue weighted by molar-refractivity contribution is -0.155. The van der Waals surface area contributed by atoms with Crippen LogP contribution in [0.4, 0.5) is 19.3 Å². The summed E-state index contributed by atoms with van der Waals surface area (Å²) < 4.78 is 28.9. The van der Waals surface area contributed by atoms with E-state index in [0.29, 0.717) is 5.56 Å². The molecule has 1 atom stereocenters. The molecule has 1 aromatic rings. The average Bonchev–Trinajstić information content (AvgIpc) is 2.40. The highest BCUT2D eigenvalue weighted by Gasteiger charge is 2.30. The molecule has 0 aliphatic carbocycles. The number of aliphatic carboxylic acids is 1. The number of anilines is 1. The predicted octanol–water partition coefficient (Wildman–Crippen LogP) is 1.55. The van der Waals surface area contributed by atoms with Crippen molar-refractivity contribution in [3.63, 3.8) is 0 Å². The van der Waals surface area contributed by atoms with Crippen molar-refractivity contribution in [2.45, 2.75) is 26.1 Å². The van der Waals surface area contributed by atoms with Gasteiger partial charge in [0.2, 0.25) is 0 Å². The molecule has 0 saturated heterocycles. The SMILES string of the molecule is Cc1cccc(OC(F)F)c1NC(=O)NCC(C)(O)C(=O)O. The third-order valence-corrected chi connectivity index (χ3v) is 2.74. The number of urea groups is 1. The maximum atomic E-state index is 12.3. The Labute approximate surface area is 124 Å². The molecular weight excluding hydrogens is 302 g/mol. The van der Waals surface area contributed by atoms with Crippen LogP contribution >= 0.6 is 0 Å². The van der Waals surface area contributed by atoms with Crippen LogP contribution in [0.25, 0.3) is 0 Å². The molecule has 0 aliphatic rings. The molecule has 0 radical (unpaired) electrons. The number of aryl methyl sites for hydroxylation is 1. The molecule has 9 heteroatoms. The van der Waals surface area contributed by atoms with Gasteiger partial charge in [0.05, 0.1) is 12.2 Å². The van der Waals surface area contributed by atoms with Crippen LogP contribution in [-0.4, -0.2) is 41.0 Å². The summed E-state index contributed by atoms with van der Waals surface area (Å²) in [4.78, 5) is 22.4. The van der Waals surface area contributed by atoms with E-state index in [1.165, 1.54) is 12.1 Å². The monoisotopic (exact) mass is 318 g/mol. The number of amides is 2. The highest BCUT2D eigenvalue weighted by molar-refractivity contribution is 5.92. The Bertz CT molecular complexity index is 563. The first-order chi connectivity index (χ1) is 10.1. The van der Waals surface area contributed by atoms with Crippen LogP contribution in [-0.2, 0) is 4.79 Å². The number of rotatable bonds is 6. The Morgan fingerprint density at radius 1 is 1.41 bits per heavy atom. The highest BCUT2D eigenvalue weighted by Crippen LogP contribution is 2.29. The lowest BCUT2D eigenvalue weighted by Gasteiger charge is -2.19. The number of para-hydroxylation sites is 1. The molecule has 0 heterocycles. The van der Waals surface area contributed by atoms with Crippen LogP contribution in [0, 0.1) is 6.92 Å². The molecule has 7 nitrogen and oxygen atoms in total. The number of ether oxygens (including phenoxy) is 1. The van der Waals surface area contributed by atoms with Crippen molar-refractivity contribution in [2.24, 2.45) is 0 Å². The number of aliphatic hydroxyl groups is 1. The number of hydrogen-bond acceptors (Lipinski definition) is 4. The number of nitrogens with one attached hydrogen (secondary N) is 2. The maximum absolute atomic E-state index is 12.3. The number of carbonyl (C=O) groups excluding carboxylic acids is 1. The first-order valence-corrected chi connectivity index (χ1v) is 6.18. The summed E-state index contributed by atoms with van der Waals surface area (Å²) >= 11 is 0. The molecule has 0 aromatic heterocycles. The van der Waals surface area contributed by atoms with Gasteiger partial charge < -0.3 is 25.6 Å². The van der Waals surface area contributed by atoms with Gasteiger partial charge in [-0.05, 0) is 25.5 Å². The molecule has 0 bridgehead atoms. The molecule has 1 unspecified atom stereocenters. The van der Waals surface area contributed by atoms with Gasteiger partial charge in [-0.2, -0.15) is 8.78 Å².